The molecule has 0 atom stereocenters. The summed E-state index contributed by atoms with van der Waals surface area (Å²) >= 11 is 9.89. The van der Waals surface area contributed by atoms with E-state index in [0.717, 1.165) is 0 Å². The number of carbonyl (C=O) groups is 1. The minimum Gasteiger partial charge on any atom is -0.302 e. The van der Waals surface area contributed by atoms with Crippen LogP contribution in [0.5, 0.6) is 0 Å². The van der Waals surface area contributed by atoms with Crippen molar-refractivity contribution < 1.29 is 13.4 Å². The SMILES string of the molecule is CC(=O)COSC(F)(Cl)Cl. The van der Waals surface area contributed by atoms with Gasteiger partial charge >= 0.3 is 3.92 Å². The van der Waals surface area contributed by atoms with Crippen LogP contribution in [0.3, 0.4) is 0 Å². The van der Waals surface area contributed by atoms with Crippen molar-refractivity contribution in [2.75, 3.05) is 6.61 Å². The maximum Gasteiger partial charge on any atom is 0.329 e. The first-order chi connectivity index (χ1) is 4.42. The van der Waals surface area contributed by atoms with Gasteiger partial charge in [0, 0.05) is 0 Å². The molecule has 2 nitrogen and oxygen atoms in total. The van der Waals surface area contributed by atoms with Gasteiger partial charge in [-0.2, -0.15) is 4.39 Å². The number of ketones is 1. The van der Waals surface area contributed by atoms with Gasteiger partial charge in [-0.15, -0.1) is 0 Å². The Labute approximate surface area is 72.2 Å². The van der Waals surface area contributed by atoms with Crippen LogP contribution in [0.1, 0.15) is 6.92 Å². The summed E-state index contributed by atoms with van der Waals surface area (Å²) in [5.74, 6) is -0.218. The Morgan fingerprint density at radius 1 is 1.80 bits per heavy atom. The molecule has 10 heavy (non-hydrogen) atoms. The zero-order valence-corrected chi connectivity index (χ0v) is 7.39. The molecule has 0 aliphatic carbocycles. The molecule has 0 bridgehead atoms. The highest BCUT2D eigenvalue weighted by Crippen LogP contribution is 2.36. The molecule has 0 spiro atoms. The Hall–Kier alpha value is 0.490. The first kappa shape index (κ1) is 10.5. The maximum absolute atomic E-state index is 12.1. The lowest BCUT2D eigenvalue weighted by molar-refractivity contribution is -0.118. The largest absolute Gasteiger partial charge is 0.329 e. The average Bonchev–Trinajstić information content (AvgIpc) is 1.59. The van der Waals surface area contributed by atoms with E-state index in [2.05, 4.69) is 4.18 Å². The first-order valence-electron chi connectivity index (χ1n) is 2.28. The predicted molar refractivity (Wildman–Crippen MR) is 39.8 cm³/mol. The summed E-state index contributed by atoms with van der Waals surface area (Å²) in [6, 6.07) is 0. The van der Waals surface area contributed by atoms with E-state index in [4.69, 9.17) is 23.2 Å². The molecule has 0 fully saturated rings. The third-order valence-electron chi connectivity index (χ3n) is 0.416. The van der Waals surface area contributed by atoms with Gasteiger partial charge in [0.1, 0.15) is 6.61 Å². The fourth-order valence-corrected chi connectivity index (χ4v) is 0.805. The van der Waals surface area contributed by atoms with Crippen LogP contribution in [-0.2, 0) is 8.98 Å². The number of alkyl halides is 3. The zero-order chi connectivity index (χ0) is 8.20. The fourth-order valence-electron chi connectivity index (χ4n) is 0.179. The zero-order valence-electron chi connectivity index (χ0n) is 5.07. The molecular formula is C4H5Cl2FO2S. The van der Waals surface area contributed by atoms with Crippen molar-refractivity contribution in [2.45, 2.75) is 10.8 Å². The highest BCUT2D eigenvalue weighted by molar-refractivity contribution is 7.98. The summed E-state index contributed by atoms with van der Waals surface area (Å²) in [5.41, 5.74) is 0. The Morgan fingerprint density at radius 2 is 2.30 bits per heavy atom. The standard InChI is InChI=1S/C4H5Cl2FO2S/c1-3(8)2-9-10-4(5,6)7/h2H2,1H3. The van der Waals surface area contributed by atoms with E-state index in [0.29, 0.717) is 0 Å². The molecule has 0 aromatic carbocycles. The monoisotopic (exact) mass is 206 g/mol. The highest BCUT2D eigenvalue weighted by Gasteiger charge is 2.24. The van der Waals surface area contributed by atoms with Gasteiger partial charge in [-0.05, 0) is 6.92 Å². The summed E-state index contributed by atoms with van der Waals surface area (Å²) in [7, 11) is 0. The van der Waals surface area contributed by atoms with Crippen LogP contribution in [0.15, 0.2) is 0 Å². The Kier molecular flexibility index (Phi) is 4.60. The average molecular weight is 207 g/mol. The van der Waals surface area contributed by atoms with Crippen LogP contribution in [0, 0.1) is 0 Å². The summed E-state index contributed by atoms with van der Waals surface area (Å²) in [6.07, 6.45) is 0. The normalized spacial score (nSPS) is 11.6. The molecule has 0 unspecified atom stereocenters. The molecule has 0 saturated heterocycles. The molecule has 0 rings (SSSR count). The van der Waals surface area contributed by atoms with E-state index in [9.17, 15) is 9.18 Å². The van der Waals surface area contributed by atoms with E-state index < -0.39 is 3.92 Å². The van der Waals surface area contributed by atoms with Gasteiger partial charge in [-0.1, -0.05) is 23.2 Å². The van der Waals surface area contributed by atoms with Crippen molar-refractivity contribution in [1.29, 1.82) is 0 Å². The minimum atomic E-state index is -2.48. The third-order valence-corrected chi connectivity index (χ3v) is 1.22. The second-order valence-corrected chi connectivity index (χ2v) is 4.14. The number of Topliss-reactive ketones (excluding diaryl/α,β-unsaturated/α-hetero) is 1. The number of hydrogen-bond acceptors (Lipinski definition) is 3. The third kappa shape index (κ3) is 8.49. The Morgan fingerprint density at radius 3 is 2.60 bits per heavy atom. The van der Waals surface area contributed by atoms with Crippen LogP contribution in [0.25, 0.3) is 0 Å². The number of carbonyl (C=O) groups excluding carboxylic acids is 1. The molecule has 0 radical (unpaired) electrons. The minimum absolute atomic E-state index is 0.199. The highest BCUT2D eigenvalue weighted by atomic mass is 35.5. The molecule has 0 aromatic rings. The van der Waals surface area contributed by atoms with Gasteiger partial charge in [-0.3, -0.25) is 4.79 Å². The molecule has 0 amide bonds. The molecule has 0 aliphatic rings. The van der Waals surface area contributed by atoms with E-state index in [1.807, 2.05) is 0 Å². The molecular weight excluding hydrogens is 202 g/mol. The number of rotatable bonds is 4. The van der Waals surface area contributed by atoms with Gasteiger partial charge in [0.15, 0.2) is 5.78 Å². The Bertz CT molecular complexity index is 125. The second-order valence-electron chi connectivity index (χ2n) is 1.49. The summed E-state index contributed by atoms with van der Waals surface area (Å²) in [6.45, 7) is 1.11. The van der Waals surface area contributed by atoms with Crippen molar-refractivity contribution in [3.63, 3.8) is 0 Å². The topological polar surface area (TPSA) is 26.3 Å². The van der Waals surface area contributed by atoms with E-state index in [-0.39, 0.29) is 24.4 Å². The van der Waals surface area contributed by atoms with Crippen molar-refractivity contribution >= 4 is 41.0 Å². The van der Waals surface area contributed by atoms with E-state index in [1.54, 1.807) is 0 Å². The quantitative estimate of drug-likeness (QED) is 0.522. The Balaban J connectivity index is 3.29. The van der Waals surface area contributed by atoms with Crippen LogP contribution in [-0.4, -0.2) is 16.3 Å². The predicted octanol–water partition coefficient (Wildman–Crippen LogP) is 2.30. The lowest BCUT2D eigenvalue weighted by atomic mass is 10.5. The van der Waals surface area contributed by atoms with Gasteiger partial charge < -0.3 is 4.18 Å². The lowest BCUT2D eigenvalue weighted by Crippen LogP contribution is -2.03. The second kappa shape index (κ2) is 4.38. The summed E-state index contributed by atoms with van der Waals surface area (Å²) in [4.78, 5) is 10.2. The van der Waals surface area contributed by atoms with Crippen molar-refractivity contribution in [3.8, 4) is 0 Å². The molecule has 0 aromatic heterocycles. The number of hydrogen-bond donors (Lipinski definition) is 0. The molecule has 0 aliphatic heterocycles. The van der Waals surface area contributed by atoms with E-state index in [1.165, 1.54) is 6.92 Å². The fraction of sp³-hybridized carbons (Fsp3) is 0.750. The van der Waals surface area contributed by atoms with Gasteiger partial charge in [0.25, 0.3) is 0 Å². The maximum atomic E-state index is 12.1. The number of halogens is 3. The smallest absolute Gasteiger partial charge is 0.302 e. The van der Waals surface area contributed by atoms with Crippen LogP contribution in [0.2, 0.25) is 0 Å². The molecule has 0 heterocycles. The van der Waals surface area contributed by atoms with Gasteiger partial charge in [0.2, 0.25) is 0 Å². The summed E-state index contributed by atoms with van der Waals surface area (Å²) < 4.78 is 14.0. The van der Waals surface area contributed by atoms with E-state index >= 15 is 0 Å². The molecule has 6 heteroatoms. The van der Waals surface area contributed by atoms with Crippen LogP contribution >= 0.6 is 35.2 Å². The van der Waals surface area contributed by atoms with Crippen molar-refractivity contribution in [3.05, 3.63) is 0 Å². The van der Waals surface area contributed by atoms with Crippen molar-refractivity contribution in [1.82, 2.24) is 0 Å². The molecule has 60 valence electrons. The molecule has 0 saturated carbocycles. The molecule has 0 N–H and O–H groups in total. The lowest BCUT2D eigenvalue weighted by Gasteiger charge is -2.05. The first-order valence-corrected chi connectivity index (χ1v) is 3.78. The van der Waals surface area contributed by atoms with Crippen LogP contribution in [0.4, 0.5) is 4.39 Å². The van der Waals surface area contributed by atoms with Gasteiger partial charge in [0.05, 0.1) is 12.0 Å². The van der Waals surface area contributed by atoms with Gasteiger partial charge in [-0.25, -0.2) is 0 Å². The van der Waals surface area contributed by atoms with Crippen molar-refractivity contribution in [2.24, 2.45) is 0 Å². The van der Waals surface area contributed by atoms with Crippen LogP contribution < -0.4 is 0 Å². The summed E-state index contributed by atoms with van der Waals surface area (Å²) in [5, 5.41) is 0.